The molecule has 2 N–H and O–H groups in total. The Bertz CT molecular complexity index is 1150. The second kappa shape index (κ2) is 9.27. The maximum atomic E-state index is 12.3. The van der Waals surface area contributed by atoms with Crippen molar-refractivity contribution in [2.45, 2.75) is 23.2 Å². The zero-order valence-corrected chi connectivity index (χ0v) is 18.1. The number of carbonyl (C=O) groups excluding carboxylic acids is 1. The molecule has 33 heavy (non-hydrogen) atoms. The van der Waals surface area contributed by atoms with Crippen molar-refractivity contribution < 1.29 is 14.6 Å². The van der Waals surface area contributed by atoms with Crippen molar-refractivity contribution in [2.24, 2.45) is 0 Å². The van der Waals surface area contributed by atoms with Crippen LogP contribution >= 0.6 is 0 Å². The first kappa shape index (κ1) is 23.5. The molecule has 1 aliphatic rings. The summed E-state index contributed by atoms with van der Waals surface area (Å²) in [4.78, 5) is 18.0. The molecule has 0 bridgehead atoms. The molecule has 1 amide bonds. The normalized spacial score (nSPS) is 17.7. The summed E-state index contributed by atoms with van der Waals surface area (Å²) in [6.07, 6.45) is 0.955. The van der Waals surface area contributed by atoms with Gasteiger partial charge in [-0.05, 0) is 35.0 Å². The summed E-state index contributed by atoms with van der Waals surface area (Å²) in [7, 11) is 25.4. The van der Waals surface area contributed by atoms with E-state index in [0.29, 0.717) is 23.3 Å². The summed E-state index contributed by atoms with van der Waals surface area (Å²) in [5.41, 5.74) is 2.21. The lowest BCUT2D eigenvalue weighted by atomic mass is 9.45. The van der Waals surface area contributed by atoms with E-state index >= 15 is 0 Å². The fourth-order valence-electron chi connectivity index (χ4n) is 4.17. The summed E-state index contributed by atoms with van der Waals surface area (Å²) in [6, 6.07) is 16.6. The number of nitrogens with zero attached hydrogens (tertiary/aromatic N) is 2. The summed E-state index contributed by atoms with van der Waals surface area (Å²) >= 11 is 0. The van der Waals surface area contributed by atoms with Crippen LogP contribution in [0, 0.1) is 0 Å². The third-order valence-corrected chi connectivity index (χ3v) is 5.75. The van der Waals surface area contributed by atoms with Gasteiger partial charge < -0.3 is 20.1 Å². The van der Waals surface area contributed by atoms with Gasteiger partial charge in [-0.2, -0.15) is 0 Å². The zero-order valence-electron chi connectivity index (χ0n) is 18.1. The largest absolute Gasteiger partial charge is 0.481 e. The lowest BCUT2D eigenvalue weighted by molar-refractivity contribution is -0.123. The van der Waals surface area contributed by atoms with E-state index in [0.717, 1.165) is 10.9 Å². The van der Waals surface area contributed by atoms with Gasteiger partial charge in [0.2, 0.25) is 0 Å². The highest BCUT2D eigenvalue weighted by molar-refractivity contribution is 6.44. The lowest BCUT2D eigenvalue weighted by Crippen LogP contribution is -2.67. The van der Waals surface area contributed by atoms with E-state index in [1.807, 2.05) is 48.5 Å². The fraction of sp³-hybridized carbons (Fsp3) is 0.304. The Balaban J connectivity index is 1.34. The molecular formula is C23H21B4N3O3. The minimum absolute atomic E-state index is 0.0390. The number of rotatable bonds is 7. The van der Waals surface area contributed by atoms with Crippen LogP contribution in [0.15, 0.2) is 60.8 Å². The number of β-amino-alcohol motifs (C(OH)–C–C–N with tert-alkyl or cyclic N) is 1. The van der Waals surface area contributed by atoms with Crippen molar-refractivity contribution in [3.8, 4) is 5.75 Å². The number of ether oxygens (including phenoxy) is 1. The predicted molar refractivity (Wildman–Crippen MR) is 131 cm³/mol. The molecule has 10 heteroatoms. The number of hydrogen-bond acceptors (Lipinski definition) is 5. The Morgan fingerprint density at radius 1 is 1.12 bits per heavy atom. The summed E-state index contributed by atoms with van der Waals surface area (Å²) in [5, 5.41) is 11.3. The molecule has 0 saturated heterocycles. The van der Waals surface area contributed by atoms with Crippen molar-refractivity contribution in [3.63, 3.8) is 0 Å². The van der Waals surface area contributed by atoms with Gasteiger partial charge in [-0.3, -0.25) is 9.78 Å². The number of amides is 1. The van der Waals surface area contributed by atoms with Gasteiger partial charge in [0, 0.05) is 24.7 Å². The van der Waals surface area contributed by atoms with Gasteiger partial charge in [0.1, 0.15) is 11.3 Å². The molecular weight excluding hydrogens is 410 g/mol. The van der Waals surface area contributed by atoms with Crippen LogP contribution in [0.25, 0.3) is 10.9 Å². The number of benzene rings is 2. The molecule has 2 heterocycles. The second-order valence-corrected chi connectivity index (χ2v) is 8.34. The van der Waals surface area contributed by atoms with Crippen LogP contribution in [0.3, 0.4) is 0 Å². The minimum atomic E-state index is -1.48. The Morgan fingerprint density at radius 3 is 2.70 bits per heavy atom. The Morgan fingerprint density at radius 2 is 1.88 bits per heavy atom. The maximum Gasteiger partial charge on any atom is 0.258 e. The number of pyridine rings is 1. The van der Waals surface area contributed by atoms with Gasteiger partial charge in [-0.1, -0.05) is 47.8 Å². The number of hydrogen-bond donors (Lipinski definition) is 2. The molecule has 0 aliphatic carbocycles. The van der Waals surface area contributed by atoms with Crippen LogP contribution in [0.5, 0.6) is 5.75 Å². The van der Waals surface area contributed by atoms with E-state index in [9.17, 15) is 9.90 Å². The van der Waals surface area contributed by atoms with Gasteiger partial charge in [-0.15, -0.1) is 0 Å². The van der Waals surface area contributed by atoms with Crippen molar-refractivity contribution in [1.29, 1.82) is 0 Å². The molecule has 1 aromatic heterocycles. The van der Waals surface area contributed by atoms with Crippen LogP contribution in [-0.2, 0) is 16.6 Å². The highest BCUT2D eigenvalue weighted by Gasteiger charge is 2.43. The van der Waals surface area contributed by atoms with Crippen LogP contribution in [-0.4, -0.2) is 83.4 Å². The van der Waals surface area contributed by atoms with E-state index in [1.165, 1.54) is 4.90 Å². The summed E-state index contributed by atoms with van der Waals surface area (Å²) in [6.45, 7) is -0.321. The average Bonchev–Trinajstić information content (AvgIpc) is 2.79. The van der Waals surface area contributed by atoms with Gasteiger partial charge >= 0.3 is 0 Å². The van der Waals surface area contributed by atoms with Crippen molar-refractivity contribution in [1.82, 2.24) is 15.2 Å². The van der Waals surface area contributed by atoms with Gasteiger partial charge in [0.05, 0.1) is 37.5 Å². The molecule has 3 aromatic rings. The van der Waals surface area contributed by atoms with Crippen LogP contribution in [0.2, 0.25) is 0 Å². The van der Waals surface area contributed by atoms with E-state index < -0.39 is 22.7 Å². The second-order valence-electron chi connectivity index (χ2n) is 8.34. The zero-order chi connectivity index (χ0) is 23.6. The average molecular weight is 431 g/mol. The molecule has 1 aliphatic heterocycles. The first-order valence-electron chi connectivity index (χ1n) is 10.6. The number of aromatic nitrogens is 1. The Hall–Kier alpha value is -2.70. The molecule has 0 spiro atoms. The molecule has 158 valence electrons. The molecule has 0 unspecified atom stereocenters. The van der Waals surface area contributed by atoms with E-state index in [2.05, 4.69) is 10.3 Å². The highest BCUT2D eigenvalue weighted by Crippen LogP contribution is 2.36. The minimum Gasteiger partial charge on any atom is -0.481 e. The van der Waals surface area contributed by atoms with Crippen molar-refractivity contribution in [3.05, 3.63) is 71.9 Å². The SMILES string of the molecule is [B]C1([B])Cc2ccccc2C([B])([B])N1C[C@H](O)CNC(=O)COc1cccc2cccnc12. The monoisotopic (exact) mass is 431 g/mol. The fourth-order valence-corrected chi connectivity index (χ4v) is 4.17. The molecule has 6 nitrogen and oxygen atoms in total. The van der Waals surface area contributed by atoms with Gasteiger partial charge in [0.25, 0.3) is 5.91 Å². The van der Waals surface area contributed by atoms with Crippen LogP contribution < -0.4 is 10.1 Å². The van der Waals surface area contributed by atoms with Crippen molar-refractivity contribution >= 4 is 48.2 Å². The van der Waals surface area contributed by atoms with E-state index in [-0.39, 0.29) is 19.7 Å². The lowest BCUT2D eigenvalue weighted by Gasteiger charge is -2.56. The quantitative estimate of drug-likeness (QED) is 0.520. The van der Waals surface area contributed by atoms with Gasteiger partial charge in [-0.25, -0.2) is 0 Å². The third kappa shape index (κ3) is 4.97. The Kier molecular flexibility index (Phi) is 6.59. The number of aliphatic hydroxyl groups excluding tert-OH is 1. The van der Waals surface area contributed by atoms with Crippen LogP contribution in [0.1, 0.15) is 11.1 Å². The molecule has 0 fully saturated rings. The summed E-state index contributed by atoms with van der Waals surface area (Å²) in [5.74, 6) is 0.104. The van der Waals surface area contributed by atoms with Gasteiger partial charge in [0.15, 0.2) is 6.61 Å². The highest BCUT2D eigenvalue weighted by atomic mass is 16.5. The van der Waals surface area contributed by atoms with E-state index in [4.69, 9.17) is 36.1 Å². The molecule has 1 atom stereocenters. The number of para-hydroxylation sites is 1. The van der Waals surface area contributed by atoms with Crippen molar-refractivity contribution in [2.75, 3.05) is 19.7 Å². The third-order valence-electron chi connectivity index (χ3n) is 5.75. The van der Waals surface area contributed by atoms with Crippen LogP contribution in [0.4, 0.5) is 0 Å². The number of aliphatic hydroxyl groups is 1. The number of nitrogens with one attached hydrogen (secondary N) is 1. The molecule has 2 aromatic carbocycles. The number of carbonyl (C=O) groups is 1. The molecule has 8 radical (unpaired) electrons. The number of fused-ring (bicyclic) bond motifs is 2. The predicted octanol–water partition coefficient (Wildman–Crippen LogP) is 0.0871. The van der Waals surface area contributed by atoms with E-state index in [1.54, 1.807) is 12.3 Å². The first-order chi connectivity index (χ1) is 15.7. The molecule has 4 rings (SSSR count). The standard InChI is InChI=1S/C23H21B4N3O3/c24-22(25)11-16-5-1-2-8-18(16)23(26,27)30(22)13-17(31)12-29-20(32)14-33-19-9-3-6-15-7-4-10-28-21(15)19/h1-10,17,31H,11-14H2,(H,29,32)/t17-/m1/s1. The summed E-state index contributed by atoms with van der Waals surface area (Å²) < 4.78 is 5.62. The first-order valence-corrected chi connectivity index (χ1v) is 10.6. The smallest absolute Gasteiger partial charge is 0.258 e. The maximum absolute atomic E-state index is 12.3. The topological polar surface area (TPSA) is 74.7 Å². The molecule has 0 saturated carbocycles. The Labute approximate surface area is 198 Å².